The van der Waals surface area contributed by atoms with E-state index in [4.69, 9.17) is 24.0 Å². The van der Waals surface area contributed by atoms with Gasteiger partial charge in [-0.2, -0.15) is 4.31 Å². The summed E-state index contributed by atoms with van der Waals surface area (Å²) < 4.78 is 62.7. The molecule has 9 unspecified atom stereocenters. The van der Waals surface area contributed by atoms with E-state index >= 15 is 0 Å². The maximum atomic E-state index is 12.8. The lowest BCUT2D eigenvalue weighted by molar-refractivity contribution is -0.137. The van der Waals surface area contributed by atoms with E-state index < -0.39 is 96.1 Å². The van der Waals surface area contributed by atoms with Crippen molar-refractivity contribution in [3.63, 3.8) is 0 Å². The molecule has 0 aromatic carbocycles. The van der Waals surface area contributed by atoms with Crippen molar-refractivity contribution in [1.82, 2.24) is 30.2 Å². The zero-order chi connectivity index (χ0) is 42.6. The van der Waals surface area contributed by atoms with E-state index in [-0.39, 0.29) is 48.7 Å². The third-order valence-corrected chi connectivity index (χ3v) is 12.5. The van der Waals surface area contributed by atoms with Crippen molar-refractivity contribution in [3.05, 3.63) is 12.7 Å². The van der Waals surface area contributed by atoms with Crippen LogP contribution in [0.25, 0.3) is 11.2 Å². The standard InChI is InChI=1S/C29H48N7O18P3/c1-28(2,24(41)27(42)32-11-9-20(39)31-10-8-18(38)16-6-4-5-7-17(16)37)13-51-57(48,49)54-56(46,47)50-12-19-22(53-55(43,44)45)23(40)29(3,52-19)36-15-35-21-25(30)33-14-34-26(21)36/h14-17,19,22-24,37,40-41H,4-13H2,1-3H3,(H,31,39)(H,32,42)(H,46,47)(H,48,49)(H2,30,33,34)(H2,43,44,45). The highest BCUT2D eigenvalue weighted by molar-refractivity contribution is 7.61. The molecular weight excluding hydrogens is 827 g/mol. The first-order chi connectivity index (χ1) is 26.4. The van der Waals surface area contributed by atoms with E-state index in [0.717, 1.165) is 30.1 Å². The molecule has 25 nitrogen and oxygen atoms in total. The summed E-state index contributed by atoms with van der Waals surface area (Å²) in [5.41, 5.74) is 2.27. The van der Waals surface area contributed by atoms with Crippen molar-refractivity contribution in [2.24, 2.45) is 11.3 Å². The number of anilines is 1. The fourth-order valence-electron chi connectivity index (χ4n) is 6.25. The first-order valence-corrected chi connectivity index (χ1v) is 22.0. The van der Waals surface area contributed by atoms with Gasteiger partial charge < -0.3 is 56.0 Å². The normalized spacial score (nSPS) is 27.0. The lowest BCUT2D eigenvalue weighted by Crippen LogP contribution is -2.46. The van der Waals surface area contributed by atoms with Gasteiger partial charge in [-0.3, -0.25) is 32.5 Å². The number of ketones is 1. The zero-order valence-electron chi connectivity index (χ0n) is 31.0. The minimum absolute atomic E-state index is 0.0152. The summed E-state index contributed by atoms with van der Waals surface area (Å²) in [5, 5.41) is 36.6. The number of nitrogens with one attached hydrogen (secondary N) is 2. The number of ether oxygens (including phenoxy) is 1. The average molecular weight is 876 g/mol. The molecule has 3 heterocycles. The lowest BCUT2D eigenvalue weighted by atomic mass is 9.83. The van der Waals surface area contributed by atoms with Crippen LogP contribution >= 0.6 is 23.5 Å². The topological polar surface area (TPSA) is 384 Å². The molecular formula is C29H48N7O18P3. The highest BCUT2D eigenvalue weighted by atomic mass is 31.3. The fourth-order valence-corrected chi connectivity index (χ4v) is 9.07. The van der Waals surface area contributed by atoms with Crippen molar-refractivity contribution in [2.45, 2.75) is 95.5 Å². The van der Waals surface area contributed by atoms with Gasteiger partial charge in [0.2, 0.25) is 11.8 Å². The van der Waals surface area contributed by atoms with Crippen LogP contribution in [0.15, 0.2) is 12.7 Å². The molecule has 1 saturated carbocycles. The number of phosphoric ester groups is 3. The van der Waals surface area contributed by atoms with Crippen LogP contribution in [0.1, 0.15) is 59.3 Å². The van der Waals surface area contributed by atoms with E-state index in [1.165, 1.54) is 20.8 Å². The molecule has 1 aliphatic heterocycles. The Hall–Kier alpha value is -2.83. The Morgan fingerprint density at radius 1 is 1.02 bits per heavy atom. The molecule has 2 amide bonds. The predicted molar refractivity (Wildman–Crippen MR) is 192 cm³/mol. The van der Waals surface area contributed by atoms with Crippen LogP contribution in [-0.4, -0.2) is 129 Å². The maximum Gasteiger partial charge on any atom is 0.481 e. The van der Waals surface area contributed by atoms with Gasteiger partial charge >= 0.3 is 23.5 Å². The van der Waals surface area contributed by atoms with Crippen LogP contribution in [0.4, 0.5) is 5.82 Å². The number of carbonyl (C=O) groups is 3. The van der Waals surface area contributed by atoms with Crippen molar-refractivity contribution >= 4 is 58.0 Å². The van der Waals surface area contributed by atoms with Crippen molar-refractivity contribution in [1.29, 1.82) is 0 Å². The van der Waals surface area contributed by atoms with Crippen LogP contribution < -0.4 is 16.4 Å². The van der Waals surface area contributed by atoms with Crippen LogP contribution in [0.5, 0.6) is 0 Å². The summed E-state index contributed by atoms with van der Waals surface area (Å²) in [6.45, 7) is 1.47. The molecule has 11 N–H and O–H groups in total. The molecule has 0 bridgehead atoms. The van der Waals surface area contributed by atoms with Crippen LogP contribution in [0.2, 0.25) is 0 Å². The monoisotopic (exact) mass is 875 g/mol. The summed E-state index contributed by atoms with van der Waals surface area (Å²) >= 11 is 0. The largest absolute Gasteiger partial charge is 0.481 e. The van der Waals surface area contributed by atoms with E-state index in [9.17, 15) is 63.0 Å². The average Bonchev–Trinajstić information content (AvgIpc) is 3.65. The number of amides is 2. The summed E-state index contributed by atoms with van der Waals surface area (Å²) in [4.78, 5) is 88.4. The quantitative estimate of drug-likeness (QED) is 0.0720. The number of nitrogens with zero attached hydrogens (tertiary/aromatic N) is 4. The van der Waals surface area contributed by atoms with Crippen LogP contribution in [0, 0.1) is 11.3 Å². The molecule has 28 heteroatoms. The number of aliphatic hydroxyl groups excluding tert-OH is 3. The van der Waals surface area contributed by atoms with Crippen LogP contribution in [0.3, 0.4) is 0 Å². The smallest absolute Gasteiger partial charge is 0.392 e. The Kier molecular flexibility index (Phi) is 15.3. The van der Waals surface area contributed by atoms with Crippen molar-refractivity contribution in [2.75, 3.05) is 32.0 Å². The number of carbonyl (C=O) groups excluding carboxylic acids is 3. The van der Waals surface area contributed by atoms with Gasteiger partial charge in [-0.05, 0) is 19.8 Å². The highest BCUT2D eigenvalue weighted by Gasteiger charge is 2.57. The van der Waals surface area contributed by atoms with Gasteiger partial charge in [0, 0.05) is 37.3 Å². The molecule has 9 atom stereocenters. The second kappa shape index (κ2) is 18.6. The maximum absolute atomic E-state index is 12.8. The Bertz CT molecular complexity index is 1910. The Balaban J connectivity index is 1.26. The number of nitrogen functional groups attached to an aromatic ring is 1. The molecule has 1 saturated heterocycles. The number of fused-ring (bicyclic) bond motifs is 1. The molecule has 2 aromatic heterocycles. The minimum atomic E-state index is -5.60. The van der Waals surface area contributed by atoms with Gasteiger partial charge in [-0.25, -0.2) is 28.6 Å². The summed E-state index contributed by atoms with van der Waals surface area (Å²) in [6.07, 6.45) is -3.40. The van der Waals surface area contributed by atoms with Gasteiger partial charge in [0.05, 0.1) is 25.6 Å². The SMILES string of the molecule is CC(C)(COP(=O)(O)OP(=O)(O)OCC1OC(C)(n2cnc3c(N)ncnc32)C(O)C1OP(=O)(O)O)C(O)C(=O)NCCC(=O)NCCC(=O)C1CCCCC1O. The number of phosphoric acid groups is 3. The number of imidazole rings is 1. The Morgan fingerprint density at radius 2 is 1.67 bits per heavy atom. The van der Waals surface area contributed by atoms with E-state index in [0.29, 0.717) is 12.8 Å². The van der Waals surface area contributed by atoms with Crippen LogP contribution in [-0.2, 0) is 56.4 Å². The summed E-state index contributed by atoms with van der Waals surface area (Å²) in [5.74, 6) is -2.15. The number of Topliss-reactive ketones (excluding diaryl/α,β-unsaturated/α-hetero) is 1. The first kappa shape index (κ1) is 46.9. The molecule has 322 valence electrons. The van der Waals surface area contributed by atoms with Gasteiger partial charge in [0.1, 0.15) is 42.0 Å². The lowest BCUT2D eigenvalue weighted by Gasteiger charge is -2.30. The summed E-state index contributed by atoms with van der Waals surface area (Å²) in [7, 11) is -16.5. The molecule has 0 spiro atoms. The summed E-state index contributed by atoms with van der Waals surface area (Å²) in [6, 6.07) is 0. The molecule has 0 radical (unpaired) electrons. The molecule has 2 aliphatic rings. The number of rotatable bonds is 20. The number of hydrogen-bond acceptors (Lipinski definition) is 18. The van der Waals surface area contributed by atoms with Gasteiger partial charge in [0.25, 0.3) is 0 Å². The number of aromatic nitrogens is 4. The molecule has 4 rings (SSSR count). The second-order valence-electron chi connectivity index (χ2n) is 14.3. The zero-order valence-corrected chi connectivity index (χ0v) is 33.7. The minimum Gasteiger partial charge on any atom is -0.392 e. The third-order valence-electron chi connectivity index (χ3n) is 9.40. The Labute approximate surface area is 325 Å². The highest BCUT2D eigenvalue weighted by Crippen LogP contribution is 2.61. The molecule has 2 fully saturated rings. The van der Waals surface area contributed by atoms with Crippen molar-refractivity contribution < 1.29 is 85.6 Å². The van der Waals surface area contributed by atoms with Gasteiger partial charge in [0.15, 0.2) is 17.2 Å². The third kappa shape index (κ3) is 12.4. The molecule has 1 aliphatic carbocycles. The number of nitrogens with two attached hydrogens (primary N) is 1. The molecule has 2 aromatic rings. The van der Waals surface area contributed by atoms with Gasteiger partial charge in [-0.15, -0.1) is 0 Å². The van der Waals surface area contributed by atoms with Gasteiger partial charge in [-0.1, -0.05) is 26.7 Å². The van der Waals surface area contributed by atoms with Crippen molar-refractivity contribution in [3.8, 4) is 0 Å². The number of aliphatic hydroxyl groups is 3. The molecule has 57 heavy (non-hydrogen) atoms. The number of hydrogen-bond donors (Lipinski definition) is 10. The van der Waals surface area contributed by atoms with E-state index in [2.05, 4.69) is 29.9 Å². The Morgan fingerprint density at radius 3 is 2.33 bits per heavy atom. The first-order valence-electron chi connectivity index (χ1n) is 17.5. The fraction of sp³-hybridized carbons (Fsp3) is 0.724. The van der Waals surface area contributed by atoms with E-state index in [1.54, 1.807) is 0 Å². The predicted octanol–water partition coefficient (Wildman–Crippen LogP) is -0.911. The van der Waals surface area contributed by atoms with E-state index in [1.807, 2.05) is 0 Å². The second-order valence-corrected chi connectivity index (χ2v) is 18.5.